The van der Waals surface area contributed by atoms with Crippen molar-refractivity contribution in [2.24, 2.45) is 5.41 Å². The Balaban J connectivity index is 1.55. The predicted octanol–water partition coefficient (Wildman–Crippen LogP) is 2.00. The first kappa shape index (κ1) is 14.8. The van der Waals surface area contributed by atoms with E-state index in [-0.39, 0.29) is 0 Å². The standard InChI is InChI=1S/C16H19N3O3S/c1-23(20,21)12-4-2-11(3-5-12)14-18-15(22-19-14)13-10-16(13)6-8-17-9-7-16/h2-5,13,17H,6-10H2,1H3. The molecule has 1 unspecified atom stereocenters. The van der Waals surface area contributed by atoms with Crippen molar-refractivity contribution in [3.8, 4) is 11.4 Å². The number of benzene rings is 1. The molecule has 1 atom stereocenters. The molecule has 2 fully saturated rings. The maximum absolute atomic E-state index is 11.5. The molecule has 1 aliphatic heterocycles. The number of aromatic nitrogens is 2. The number of hydrogen-bond acceptors (Lipinski definition) is 6. The fourth-order valence-corrected chi connectivity index (χ4v) is 4.15. The van der Waals surface area contributed by atoms with Crippen LogP contribution in [0, 0.1) is 5.41 Å². The second-order valence-corrected chi connectivity index (χ2v) is 8.64. The highest BCUT2D eigenvalue weighted by Crippen LogP contribution is 2.63. The molecule has 1 aromatic carbocycles. The largest absolute Gasteiger partial charge is 0.339 e. The van der Waals surface area contributed by atoms with E-state index in [0.29, 0.717) is 27.9 Å². The summed E-state index contributed by atoms with van der Waals surface area (Å²) in [5.74, 6) is 1.62. The maximum atomic E-state index is 11.5. The Bertz CT molecular complexity index is 821. The smallest absolute Gasteiger partial charge is 0.230 e. The lowest BCUT2D eigenvalue weighted by Gasteiger charge is -2.22. The summed E-state index contributed by atoms with van der Waals surface area (Å²) in [7, 11) is -3.19. The molecular formula is C16H19N3O3S. The van der Waals surface area contributed by atoms with Crippen LogP contribution in [0.25, 0.3) is 11.4 Å². The van der Waals surface area contributed by atoms with Gasteiger partial charge in [0.15, 0.2) is 9.84 Å². The molecule has 0 bridgehead atoms. The maximum Gasteiger partial charge on any atom is 0.230 e. The van der Waals surface area contributed by atoms with Crippen LogP contribution >= 0.6 is 0 Å². The van der Waals surface area contributed by atoms with E-state index in [0.717, 1.165) is 25.1 Å². The number of hydrogen-bond donors (Lipinski definition) is 1. The van der Waals surface area contributed by atoms with E-state index in [9.17, 15) is 8.42 Å². The van der Waals surface area contributed by atoms with Crippen LogP contribution in [0.2, 0.25) is 0 Å². The summed E-state index contributed by atoms with van der Waals surface area (Å²) in [6, 6.07) is 6.59. The highest BCUT2D eigenvalue weighted by atomic mass is 32.2. The van der Waals surface area contributed by atoms with Crippen molar-refractivity contribution < 1.29 is 12.9 Å². The van der Waals surface area contributed by atoms with Crippen molar-refractivity contribution in [2.75, 3.05) is 19.3 Å². The second-order valence-electron chi connectivity index (χ2n) is 6.62. The fourth-order valence-electron chi connectivity index (χ4n) is 3.52. The molecule has 23 heavy (non-hydrogen) atoms. The second kappa shape index (κ2) is 5.14. The van der Waals surface area contributed by atoms with Crippen LogP contribution < -0.4 is 5.32 Å². The van der Waals surface area contributed by atoms with Gasteiger partial charge in [0, 0.05) is 17.7 Å². The van der Waals surface area contributed by atoms with Crippen LogP contribution in [0.5, 0.6) is 0 Å². The van der Waals surface area contributed by atoms with Crippen LogP contribution in [-0.4, -0.2) is 37.9 Å². The molecule has 122 valence electrons. The summed E-state index contributed by atoms with van der Waals surface area (Å²) in [4.78, 5) is 4.83. The third kappa shape index (κ3) is 2.68. The molecule has 0 amide bonds. The topological polar surface area (TPSA) is 85.1 Å². The van der Waals surface area contributed by atoms with E-state index in [1.165, 1.54) is 19.1 Å². The Labute approximate surface area is 135 Å². The number of piperidine rings is 1. The van der Waals surface area contributed by atoms with Gasteiger partial charge in [-0.15, -0.1) is 0 Å². The normalized spacial score (nSPS) is 23.1. The molecule has 1 N–H and O–H groups in total. The van der Waals surface area contributed by atoms with E-state index in [1.54, 1.807) is 24.3 Å². The molecule has 4 rings (SSSR count). The SMILES string of the molecule is CS(=O)(=O)c1ccc(-c2noc(C3CC34CCNCC4)n2)cc1. The fraction of sp³-hybridized carbons (Fsp3) is 0.500. The van der Waals surface area contributed by atoms with Crippen molar-refractivity contribution in [2.45, 2.75) is 30.1 Å². The Morgan fingerprint density at radius 2 is 1.91 bits per heavy atom. The van der Waals surface area contributed by atoms with Gasteiger partial charge in [0.1, 0.15) is 0 Å². The highest BCUT2D eigenvalue weighted by Gasteiger charge is 2.57. The van der Waals surface area contributed by atoms with Crippen molar-refractivity contribution in [1.82, 2.24) is 15.5 Å². The van der Waals surface area contributed by atoms with Crippen LogP contribution in [0.1, 0.15) is 31.1 Å². The van der Waals surface area contributed by atoms with Crippen LogP contribution in [-0.2, 0) is 9.84 Å². The quantitative estimate of drug-likeness (QED) is 0.925. The van der Waals surface area contributed by atoms with Gasteiger partial charge >= 0.3 is 0 Å². The van der Waals surface area contributed by atoms with E-state index in [1.807, 2.05) is 0 Å². The van der Waals surface area contributed by atoms with Crippen molar-refractivity contribution in [1.29, 1.82) is 0 Å². The van der Waals surface area contributed by atoms with E-state index >= 15 is 0 Å². The van der Waals surface area contributed by atoms with Gasteiger partial charge in [0.05, 0.1) is 4.90 Å². The van der Waals surface area contributed by atoms with E-state index in [2.05, 4.69) is 15.5 Å². The Hall–Kier alpha value is -1.73. The average Bonchev–Trinajstić information content (AvgIpc) is 3.01. The van der Waals surface area contributed by atoms with Crippen molar-refractivity contribution in [3.05, 3.63) is 30.2 Å². The zero-order valence-corrected chi connectivity index (χ0v) is 13.8. The molecule has 1 saturated heterocycles. The van der Waals surface area contributed by atoms with Gasteiger partial charge in [0.2, 0.25) is 11.7 Å². The Kier molecular flexibility index (Phi) is 3.32. The molecule has 7 heteroatoms. The molecule has 2 aliphatic rings. The zero-order chi connectivity index (χ0) is 16.1. The number of nitrogens with zero attached hydrogens (tertiary/aromatic N) is 2. The van der Waals surface area contributed by atoms with Gasteiger partial charge in [-0.3, -0.25) is 0 Å². The molecule has 2 aromatic rings. The van der Waals surface area contributed by atoms with Gasteiger partial charge in [-0.1, -0.05) is 5.16 Å². The highest BCUT2D eigenvalue weighted by molar-refractivity contribution is 7.90. The minimum atomic E-state index is -3.19. The predicted molar refractivity (Wildman–Crippen MR) is 84.7 cm³/mol. The number of sulfone groups is 1. The summed E-state index contributed by atoms with van der Waals surface area (Å²) < 4.78 is 28.5. The van der Waals surface area contributed by atoms with Gasteiger partial charge in [-0.2, -0.15) is 4.98 Å². The molecule has 0 radical (unpaired) electrons. The molecule has 1 aliphatic carbocycles. The van der Waals surface area contributed by atoms with E-state index < -0.39 is 9.84 Å². The van der Waals surface area contributed by atoms with Crippen molar-refractivity contribution in [3.63, 3.8) is 0 Å². The molecule has 6 nitrogen and oxygen atoms in total. The summed E-state index contributed by atoms with van der Waals surface area (Å²) in [6.07, 6.45) is 4.65. The molecule has 1 spiro atoms. The lowest BCUT2D eigenvalue weighted by Crippen LogP contribution is -2.29. The average molecular weight is 333 g/mol. The van der Waals surface area contributed by atoms with E-state index in [4.69, 9.17) is 4.52 Å². The van der Waals surface area contributed by atoms with Gasteiger partial charge < -0.3 is 9.84 Å². The van der Waals surface area contributed by atoms with Crippen molar-refractivity contribution >= 4 is 9.84 Å². The summed E-state index contributed by atoms with van der Waals surface area (Å²) >= 11 is 0. The molecule has 2 heterocycles. The van der Waals surface area contributed by atoms with Crippen LogP contribution in [0.3, 0.4) is 0 Å². The summed E-state index contributed by atoms with van der Waals surface area (Å²) in [5, 5.41) is 7.45. The Morgan fingerprint density at radius 1 is 1.22 bits per heavy atom. The molecular weight excluding hydrogens is 314 g/mol. The lowest BCUT2D eigenvalue weighted by atomic mass is 9.92. The van der Waals surface area contributed by atoms with Crippen LogP contribution in [0.4, 0.5) is 0 Å². The van der Waals surface area contributed by atoms with Gasteiger partial charge in [-0.05, 0) is 62.0 Å². The minimum absolute atomic E-state index is 0.292. The zero-order valence-electron chi connectivity index (χ0n) is 12.9. The first-order valence-corrected chi connectivity index (χ1v) is 9.72. The number of nitrogens with one attached hydrogen (secondary N) is 1. The summed E-state index contributed by atoms with van der Waals surface area (Å²) in [6.45, 7) is 2.12. The van der Waals surface area contributed by atoms with Crippen LogP contribution in [0.15, 0.2) is 33.7 Å². The summed E-state index contributed by atoms with van der Waals surface area (Å²) in [5.41, 5.74) is 1.13. The monoisotopic (exact) mass is 333 g/mol. The first-order valence-electron chi connectivity index (χ1n) is 7.83. The van der Waals surface area contributed by atoms with Gasteiger partial charge in [-0.25, -0.2) is 8.42 Å². The molecule has 1 aromatic heterocycles. The molecule has 1 saturated carbocycles. The third-order valence-electron chi connectivity index (χ3n) is 5.07. The minimum Gasteiger partial charge on any atom is -0.339 e. The third-order valence-corrected chi connectivity index (χ3v) is 6.20. The lowest BCUT2D eigenvalue weighted by molar-refractivity contribution is 0.311. The Morgan fingerprint density at radius 3 is 2.57 bits per heavy atom. The van der Waals surface area contributed by atoms with Gasteiger partial charge in [0.25, 0.3) is 0 Å². The number of rotatable bonds is 3. The first-order chi connectivity index (χ1) is 11.0.